The first-order valence-electron chi connectivity index (χ1n) is 8.29. The fourth-order valence-corrected chi connectivity index (χ4v) is 2.18. The van der Waals surface area contributed by atoms with Crippen LogP contribution in [0.25, 0.3) is 0 Å². The number of hydrogen-bond donors (Lipinski definition) is 2. The molecule has 6 heteroatoms. The van der Waals surface area contributed by atoms with E-state index in [2.05, 4.69) is 0 Å². The number of rotatable bonds is 8. The van der Waals surface area contributed by atoms with Crippen molar-refractivity contribution in [2.24, 2.45) is 5.92 Å². The van der Waals surface area contributed by atoms with Crippen molar-refractivity contribution in [2.75, 3.05) is 13.2 Å². The van der Waals surface area contributed by atoms with Gasteiger partial charge >= 0.3 is 11.9 Å². The molecule has 0 amide bonds. The van der Waals surface area contributed by atoms with Crippen molar-refractivity contribution in [1.82, 2.24) is 0 Å². The van der Waals surface area contributed by atoms with Gasteiger partial charge in [0.15, 0.2) is 0 Å². The monoisotopic (exact) mass is 358 g/mol. The van der Waals surface area contributed by atoms with Crippen molar-refractivity contribution in [1.29, 1.82) is 0 Å². The van der Waals surface area contributed by atoms with Crippen LogP contribution in [0.3, 0.4) is 0 Å². The summed E-state index contributed by atoms with van der Waals surface area (Å²) in [5.74, 6) is -0.590. The van der Waals surface area contributed by atoms with Gasteiger partial charge in [-0.1, -0.05) is 31.2 Å². The second kappa shape index (κ2) is 9.46. The molecule has 0 aromatic heterocycles. The molecular weight excluding hydrogens is 336 g/mol. The van der Waals surface area contributed by atoms with Crippen LogP contribution in [-0.2, 0) is 31.9 Å². The van der Waals surface area contributed by atoms with Crippen molar-refractivity contribution in [3.8, 4) is 11.5 Å². The van der Waals surface area contributed by atoms with Gasteiger partial charge in [0.1, 0.15) is 11.5 Å². The van der Waals surface area contributed by atoms with E-state index in [4.69, 9.17) is 9.47 Å². The number of esters is 2. The number of carbonyl (C=O) groups excluding carboxylic acids is 2. The molecule has 2 N–H and O–H groups in total. The average Bonchev–Trinajstić information content (AvgIpc) is 2.62. The van der Waals surface area contributed by atoms with Gasteiger partial charge < -0.3 is 19.7 Å². The van der Waals surface area contributed by atoms with Crippen LogP contribution in [0.5, 0.6) is 11.5 Å². The van der Waals surface area contributed by atoms with Crippen LogP contribution >= 0.6 is 0 Å². The molecule has 0 aliphatic heterocycles. The SMILES string of the molecule is CC(COC(=O)Cc1ccc(O)cc1)COC(=O)Cc1ccc(O)cc1. The Morgan fingerprint density at radius 1 is 0.769 bits per heavy atom. The van der Waals surface area contributed by atoms with Crippen LogP contribution in [0.15, 0.2) is 48.5 Å². The largest absolute Gasteiger partial charge is 0.508 e. The molecule has 0 radical (unpaired) electrons. The quantitative estimate of drug-likeness (QED) is 0.705. The van der Waals surface area contributed by atoms with Gasteiger partial charge in [0.2, 0.25) is 0 Å². The van der Waals surface area contributed by atoms with E-state index >= 15 is 0 Å². The van der Waals surface area contributed by atoms with Gasteiger partial charge in [-0.15, -0.1) is 0 Å². The fraction of sp³-hybridized carbons (Fsp3) is 0.300. The Morgan fingerprint density at radius 3 is 1.46 bits per heavy atom. The molecule has 0 fully saturated rings. The van der Waals surface area contributed by atoms with Gasteiger partial charge in [0.25, 0.3) is 0 Å². The Balaban J connectivity index is 1.65. The van der Waals surface area contributed by atoms with Gasteiger partial charge in [-0.05, 0) is 35.4 Å². The lowest BCUT2D eigenvalue weighted by Crippen LogP contribution is -2.20. The molecular formula is C20H22O6. The minimum atomic E-state index is -0.377. The number of benzene rings is 2. The molecule has 26 heavy (non-hydrogen) atoms. The zero-order chi connectivity index (χ0) is 18.9. The highest BCUT2D eigenvalue weighted by atomic mass is 16.5. The second-order valence-electron chi connectivity index (χ2n) is 6.16. The van der Waals surface area contributed by atoms with E-state index in [1.165, 1.54) is 24.3 Å². The third kappa shape index (κ3) is 6.84. The van der Waals surface area contributed by atoms with Crippen LogP contribution in [0, 0.1) is 5.92 Å². The summed E-state index contributed by atoms with van der Waals surface area (Å²) < 4.78 is 10.4. The van der Waals surface area contributed by atoms with E-state index in [0.717, 1.165) is 11.1 Å². The molecule has 6 nitrogen and oxygen atoms in total. The van der Waals surface area contributed by atoms with Crippen molar-refractivity contribution in [2.45, 2.75) is 19.8 Å². The number of aromatic hydroxyl groups is 2. The predicted molar refractivity (Wildman–Crippen MR) is 94.7 cm³/mol. The van der Waals surface area contributed by atoms with Gasteiger partial charge in [-0.25, -0.2) is 0 Å². The minimum absolute atomic E-state index is 0.119. The summed E-state index contributed by atoms with van der Waals surface area (Å²) in [6.45, 7) is 2.13. The average molecular weight is 358 g/mol. The maximum absolute atomic E-state index is 11.8. The van der Waals surface area contributed by atoms with Crippen molar-refractivity contribution >= 4 is 11.9 Å². The molecule has 2 aromatic rings. The zero-order valence-electron chi connectivity index (χ0n) is 14.6. The number of hydrogen-bond acceptors (Lipinski definition) is 6. The molecule has 0 heterocycles. The summed E-state index contributed by atoms with van der Waals surface area (Å²) in [5, 5.41) is 18.4. The summed E-state index contributed by atoms with van der Waals surface area (Å²) in [5.41, 5.74) is 1.50. The maximum Gasteiger partial charge on any atom is 0.310 e. The maximum atomic E-state index is 11.8. The zero-order valence-corrected chi connectivity index (χ0v) is 14.6. The van der Waals surface area contributed by atoms with Gasteiger partial charge in [0.05, 0.1) is 26.1 Å². The van der Waals surface area contributed by atoms with E-state index in [9.17, 15) is 19.8 Å². The molecule has 2 rings (SSSR count). The van der Waals surface area contributed by atoms with Crippen molar-refractivity contribution in [3.63, 3.8) is 0 Å². The van der Waals surface area contributed by atoms with Crippen molar-refractivity contribution in [3.05, 3.63) is 59.7 Å². The first kappa shape index (κ1) is 19.3. The normalized spacial score (nSPS) is 10.5. The Morgan fingerprint density at radius 2 is 1.12 bits per heavy atom. The smallest absolute Gasteiger partial charge is 0.310 e. The molecule has 0 unspecified atom stereocenters. The molecule has 138 valence electrons. The molecule has 0 aliphatic carbocycles. The third-order valence-corrected chi connectivity index (χ3v) is 3.63. The van der Waals surface area contributed by atoms with Gasteiger partial charge in [0, 0.05) is 5.92 Å². The summed E-state index contributed by atoms with van der Waals surface area (Å²) in [4.78, 5) is 23.6. The summed E-state index contributed by atoms with van der Waals surface area (Å²) in [7, 11) is 0. The Labute approximate surface area is 152 Å². The van der Waals surface area contributed by atoms with E-state index in [0.29, 0.717) is 0 Å². The van der Waals surface area contributed by atoms with Crippen LogP contribution in [0.1, 0.15) is 18.1 Å². The van der Waals surface area contributed by atoms with Gasteiger partial charge in [-0.2, -0.15) is 0 Å². The molecule has 0 spiro atoms. The lowest BCUT2D eigenvalue weighted by molar-refractivity contribution is -0.147. The van der Waals surface area contributed by atoms with Gasteiger partial charge in [-0.3, -0.25) is 9.59 Å². The summed E-state index contributed by atoms with van der Waals surface area (Å²) in [6, 6.07) is 12.7. The molecule has 0 saturated carbocycles. The molecule has 2 aromatic carbocycles. The Hall–Kier alpha value is -3.02. The summed E-state index contributed by atoms with van der Waals surface area (Å²) >= 11 is 0. The number of phenolic OH excluding ortho intramolecular Hbond substituents is 2. The predicted octanol–water partition coefficient (Wildman–Crippen LogP) is 2.61. The fourth-order valence-electron chi connectivity index (χ4n) is 2.18. The van der Waals surface area contributed by atoms with E-state index in [1.807, 2.05) is 6.92 Å². The molecule has 0 saturated heterocycles. The first-order chi connectivity index (χ1) is 12.4. The van der Waals surface area contributed by atoms with Crippen LogP contribution < -0.4 is 0 Å². The van der Waals surface area contributed by atoms with Crippen LogP contribution in [0.2, 0.25) is 0 Å². The first-order valence-corrected chi connectivity index (χ1v) is 8.29. The summed E-state index contributed by atoms with van der Waals surface area (Å²) in [6.07, 6.45) is 0.237. The second-order valence-corrected chi connectivity index (χ2v) is 6.16. The van der Waals surface area contributed by atoms with Crippen LogP contribution in [0.4, 0.5) is 0 Å². The lowest BCUT2D eigenvalue weighted by Gasteiger charge is -2.13. The highest BCUT2D eigenvalue weighted by Crippen LogP contribution is 2.12. The van der Waals surface area contributed by atoms with E-state index < -0.39 is 0 Å². The number of carbonyl (C=O) groups is 2. The minimum Gasteiger partial charge on any atom is -0.508 e. The molecule has 0 aliphatic rings. The Bertz CT molecular complexity index is 657. The third-order valence-electron chi connectivity index (χ3n) is 3.63. The van der Waals surface area contributed by atoms with Crippen molar-refractivity contribution < 1.29 is 29.3 Å². The highest BCUT2D eigenvalue weighted by Gasteiger charge is 2.12. The molecule has 0 bridgehead atoms. The topological polar surface area (TPSA) is 93.1 Å². The number of ether oxygens (including phenoxy) is 2. The standard InChI is InChI=1S/C20H22O6/c1-14(12-25-19(23)10-15-2-6-17(21)7-3-15)13-26-20(24)11-16-4-8-18(22)9-5-16/h2-9,14,21-22H,10-13H2,1H3. The van der Waals surface area contributed by atoms with E-state index in [1.54, 1.807) is 24.3 Å². The van der Waals surface area contributed by atoms with Crippen LogP contribution in [-0.4, -0.2) is 35.4 Å². The lowest BCUT2D eigenvalue weighted by atomic mass is 10.1. The highest BCUT2D eigenvalue weighted by molar-refractivity contribution is 5.73. The molecule has 0 atom stereocenters. The number of phenols is 2. The Kier molecular flexibility index (Phi) is 7.02. The van der Waals surface area contributed by atoms with E-state index in [-0.39, 0.29) is 55.4 Å².